The van der Waals surface area contributed by atoms with E-state index in [1.807, 2.05) is 60.7 Å². The van der Waals surface area contributed by atoms with Crippen LogP contribution in [0.5, 0.6) is 11.5 Å². The number of benzene rings is 3. The van der Waals surface area contributed by atoms with Crippen LogP contribution in [0.25, 0.3) is 0 Å². The number of fused-ring (bicyclic) bond motifs is 5. The SMILES string of the molecule is Oc1c2cccc1CCCCc1cccc(c1O)C=Nc1ccccc1N=C2. The molecule has 3 aromatic carbocycles. The molecule has 0 fully saturated rings. The number of nitrogens with zero attached hydrogens (tertiary/aromatic N) is 2. The van der Waals surface area contributed by atoms with Crippen molar-refractivity contribution in [1.82, 2.24) is 0 Å². The highest BCUT2D eigenvalue weighted by atomic mass is 16.3. The minimum atomic E-state index is 0.282. The van der Waals surface area contributed by atoms with Gasteiger partial charge in [0, 0.05) is 23.6 Å². The Morgan fingerprint density at radius 3 is 1.50 bits per heavy atom. The summed E-state index contributed by atoms with van der Waals surface area (Å²) in [5.74, 6) is 0.563. The van der Waals surface area contributed by atoms with Gasteiger partial charge in [0.1, 0.15) is 11.5 Å². The van der Waals surface area contributed by atoms with Crippen LogP contribution >= 0.6 is 0 Å². The zero-order chi connectivity index (χ0) is 19.3. The Bertz CT molecular complexity index is 970. The molecule has 140 valence electrons. The van der Waals surface area contributed by atoms with E-state index in [2.05, 4.69) is 9.98 Å². The van der Waals surface area contributed by atoms with E-state index < -0.39 is 0 Å². The fourth-order valence-electron chi connectivity index (χ4n) is 3.43. The number of phenolic OH excluding ortho intramolecular Hbond substituents is 2. The lowest BCUT2D eigenvalue weighted by atomic mass is 10.00. The van der Waals surface area contributed by atoms with Crippen molar-refractivity contribution in [2.24, 2.45) is 9.98 Å². The number of phenols is 2. The molecule has 1 aliphatic rings. The third-order valence-electron chi connectivity index (χ3n) is 5.01. The molecule has 0 saturated heterocycles. The highest BCUT2D eigenvalue weighted by Gasteiger charge is 2.09. The van der Waals surface area contributed by atoms with Crippen molar-refractivity contribution in [2.45, 2.75) is 25.7 Å². The summed E-state index contributed by atoms with van der Waals surface area (Å²) in [5.41, 5.74) is 4.63. The summed E-state index contributed by atoms with van der Waals surface area (Å²) in [6, 6.07) is 19.1. The number of aryl methyl sites for hydroxylation is 2. The van der Waals surface area contributed by atoms with Crippen LogP contribution in [0.2, 0.25) is 0 Å². The molecule has 4 rings (SSSR count). The zero-order valence-electron chi connectivity index (χ0n) is 15.5. The first kappa shape index (κ1) is 18.0. The van der Waals surface area contributed by atoms with Crippen molar-refractivity contribution in [3.05, 3.63) is 82.9 Å². The molecule has 28 heavy (non-hydrogen) atoms. The Labute approximate surface area is 164 Å². The molecule has 0 saturated carbocycles. The Morgan fingerprint density at radius 2 is 1.04 bits per heavy atom. The Hall–Kier alpha value is -3.40. The van der Waals surface area contributed by atoms with Crippen molar-refractivity contribution >= 4 is 23.8 Å². The van der Waals surface area contributed by atoms with E-state index in [0.29, 0.717) is 22.5 Å². The lowest BCUT2D eigenvalue weighted by Gasteiger charge is -2.10. The highest BCUT2D eigenvalue weighted by molar-refractivity contribution is 5.89. The van der Waals surface area contributed by atoms with Gasteiger partial charge >= 0.3 is 0 Å². The maximum absolute atomic E-state index is 10.6. The Balaban J connectivity index is 1.80. The van der Waals surface area contributed by atoms with Crippen molar-refractivity contribution < 1.29 is 10.2 Å². The molecule has 4 nitrogen and oxygen atoms in total. The average Bonchev–Trinajstić information content (AvgIpc) is 2.71. The van der Waals surface area contributed by atoms with Gasteiger partial charge in [-0.1, -0.05) is 36.4 Å². The minimum absolute atomic E-state index is 0.282. The summed E-state index contributed by atoms with van der Waals surface area (Å²) in [7, 11) is 0. The van der Waals surface area contributed by atoms with Crippen molar-refractivity contribution in [1.29, 1.82) is 0 Å². The Morgan fingerprint density at radius 1 is 0.571 bits per heavy atom. The second-order valence-electron chi connectivity index (χ2n) is 6.92. The standard InChI is InChI=1S/C24H22N2O2/c27-23-17-7-1-2-8-18-10-6-12-20(24(18)28)16-26-22-14-4-3-13-21(22)25-15-19(23)11-5-9-17/h3-6,9-16,27-28H,1-2,7-8H2. The van der Waals surface area contributed by atoms with E-state index >= 15 is 0 Å². The molecule has 0 unspecified atom stereocenters. The largest absolute Gasteiger partial charge is 0.507 e. The Kier molecular flexibility index (Phi) is 5.20. The molecule has 0 amide bonds. The number of aliphatic imine (C=N–C) groups is 2. The van der Waals surface area contributed by atoms with Crippen LogP contribution in [-0.4, -0.2) is 22.6 Å². The molecule has 0 aromatic heterocycles. The van der Waals surface area contributed by atoms with Gasteiger partial charge in [-0.2, -0.15) is 0 Å². The van der Waals surface area contributed by atoms with E-state index in [-0.39, 0.29) is 11.5 Å². The lowest BCUT2D eigenvalue weighted by molar-refractivity contribution is 0.462. The molecule has 1 heterocycles. The van der Waals surface area contributed by atoms with Gasteiger partial charge < -0.3 is 10.2 Å². The van der Waals surface area contributed by atoms with Crippen LogP contribution < -0.4 is 0 Å². The van der Waals surface area contributed by atoms with E-state index in [9.17, 15) is 10.2 Å². The van der Waals surface area contributed by atoms with Gasteiger partial charge in [0.25, 0.3) is 0 Å². The monoisotopic (exact) mass is 370 g/mol. The van der Waals surface area contributed by atoms with Gasteiger partial charge in [0.15, 0.2) is 0 Å². The second-order valence-corrected chi connectivity index (χ2v) is 6.92. The number of hydrogen-bond acceptors (Lipinski definition) is 4. The summed E-state index contributed by atoms with van der Waals surface area (Å²) >= 11 is 0. The molecular weight excluding hydrogens is 348 g/mol. The predicted molar refractivity (Wildman–Crippen MR) is 114 cm³/mol. The van der Waals surface area contributed by atoms with E-state index in [1.165, 1.54) is 0 Å². The van der Waals surface area contributed by atoms with E-state index in [1.54, 1.807) is 12.4 Å². The van der Waals surface area contributed by atoms with Gasteiger partial charge in [-0.15, -0.1) is 0 Å². The summed E-state index contributed by atoms with van der Waals surface area (Å²) in [6.45, 7) is 0. The number of rotatable bonds is 0. The number of aromatic hydroxyl groups is 2. The lowest BCUT2D eigenvalue weighted by Crippen LogP contribution is -1.94. The first-order chi connectivity index (χ1) is 13.7. The predicted octanol–water partition coefficient (Wildman–Crippen LogP) is 5.48. The summed E-state index contributed by atoms with van der Waals surface area (Å²) < 4.78 is 0. The van der Waals surface area contributed by atoms with Gasteiger partial charge in [-0.3, -0.25) is 9.98 Å². The molecule has 0 radical (unpaired) electrons. The van der Waals surface area contributed by atoms with E-state index in [4.69, 9.17) is 0 Å². The van der Waals surface area contributed by atoms with Crippen molar-refractivity contribution in [3.63, 3.8) is 0 Å². The average molecular weight is 370 g/mol. The topological polar surface area (TPSA) is 65.2 Å². The number of para-hydroxylation sites is 4. The maximum Gasteiger partial charge on any atom is 0.127 e. The number of hydrogen-bond donors (Lipinski definition) is 2. The van der Waals surface area contributed by atoms with Crippen LogP contribution in [0.4, 0.5) is 11.4 Å². The summed E-state index contributed by atoms with van der Waals surface area (Å²) in [5, 5.41) is 21.2. The quantitative estimate of drug-likeness (QED) is 0.550. The van der Waals surface area contributed by atoms with Crippen LogP contribution in [-0.2, 0) is 12.8 Å². The van der Waals surface area contributed by atoms with Gasteiger partial charge in [-0.25, -0.2) is 0 Å². The molecular formula is C24H22N2O2. The maximum atomic E-state index is 10.6. The third-order valence-corrected chi connectivity index (χ3v) is 5.01. The van der Waals surface area contributed by atoms with Crippen LogP contribution in [0.1, 0.15) is 35.1 Å². The first-order valence-electron chi connectivity index (χ1n) is 9.51. The highest BCUT2D eigenvalue weighted by Crippen LogP contribution is 2.30. The normalized spacial score (nSPS) is 13.9. The molecule has 2 N–H and O–H groups in total. The molecule has 0 spiro atoms. The smallest absolute Gasteiger partial charge is 0.127 e. The van der Waals surface area contributed by atoms with Gasteiger partial charge in [0.2, 0.25) is 0 Å². The first-order valence-corrected chi connectivity index (χ1v) is 9.51. The molecule has 0 aliphatic carbocycles. The molecule has 4 bridgehead atoms. The van der Waals surface area contributed by atoms with Gasteiger partial charge in [0.05, 0.1) is 11.4 Å². The molecule has 4 heteroatoms. The fourth-order valence-corrected chi connectivity index (χ4v) is 3.43. The van der Waals surface area contributed by atoms with Gasteiger partial charge in [-0.05, 0) is 61.1 Å². The summed E-state index contributed by atoms with van der Waals surface area (Å²) in [4.78, 5) is 9.09. The second kappa shape index (κ2) is 8.09. The van der Waals surface area contributed by atoms with Crippen LogP contribution in [0, 0.1) is 0 Å². The summed E-state index contributed by atoms with van der Waals surface area (Å²) in [6.07, 6.45) is 6.77. The minimum Gasteiger partial charge on any atom is -0.507 e. The van der Waals surface area contributed by atoms with Crippen molar-refractivity contribution in [3.8, 4) is 11.5 Å². The fraction of sp³-hybridized carbons (Fsp3) is 0.167. The van der Waals surface area contributed by atoms with Crippen LogP contribution in [0.3, 0.4) is 0 Å². The zero-order valence-corrected chi connectivity index (χ0v) is 15.5. The van der Waals surface area contributed by atoms with E-state index in [0.717, 1.165) is 36.8 Å². The van der Waals surface area contributed by atoms with Crippen LogP contribution in [0.15, 0.2) is 70.6 Å². The third kappa shape index (κ3) is 3.81. The molecule has 3 aromatic rings. The molecule has 0 atom stereocenters. The molecule has 1 aliphatic heterocycles. The van der Waals surface area contributed by atoms with Crippen molar-refractivity contribution in [2.75, 3.05) is 0 Å².